The van der Waals surface area contributed by atoms with Crippen LogP contribution < -0.4 is 0 Å². The van der Waals surface area contributed by atoms with Gasteiger partial charge in [0.1, 0.15) is 0 Å². The van der Waals surface area contributed by atoms with Crippen molar-refractivity contribution in [3.63, 3.8) is 0 Å². The van der Waals surface area contributed by atoms with Gasteiger partial charge in [0.15, 0.2) is 5.78 Å². The summed E-state index contributed by atoms with van der Waals surface area (Å²) in [7, 11) is 0. The maximum absolute atomic E-state index is 11.7. The van der Waals surface area contributed by atoms with Crippen molar-refractivity contribution in [3.8, 4) is 0 Å². The molecule has 0 N–H and O–H groups in total. The van der Waals surface area contributed by atoms with E-state index >= 15 is 0 Å². The summed E-state index contributed by atoms with van der Waals surface area (Å²) in [6.45, 7) is 9.61. The lowest BCUT2D eigenvalue weighted by atomic mass is 9.87. The van der Waals surface area contributed by atoms with Gasteiger partial charge in [0.05, 0.1) is 0 Å². The second-order valence-corrected chi connectivity index (χ2v) is 4.34. The molecule has 0 aliphatic carbocycles. The fourth-order valence-corrected chi connectivity index (χ4v) is 1.04. The van der Waals surface area contributed by atoms with Crippen molar-refractivity contribution in [1.82, 2.24) is 0 Å². The molecule has 0 aliphatic rings. The summed E-state index contributed by atoms with van der Waals surface area (Å²) in [5, 5.41) is 0. The van der Waals surface area contributed by atoms with E-state index in [1.54, 1.807) is 0 Å². The molecule has 0 saturated heterocycles. The Morgan fingerprint density at radius 2 is 1.64 bits per heavy atom. The molecule has 1 heteroatoms. The van der Waals surface area contributed by atoms with E-state index in [4.69, 9.17) is 0 Å². The van der Waals surface area contributed by atoms with Crippen LogP contribution in [0.3, 0.4) is 0 Å². The fourth-order valence-electron chi connectivity index (χ4n) is 1.04. The van der Waals surface area contributed by atoms with Gasteiger partial charge in [-0.05, 0) is 19.4 Å². The number of ketones is 1. The van der Waals surface area contributed by atoms with E-state index in [9.17, 15) is 4.79 Å². The van der Waals surface area contributed by atoms with E-state index in [0.29, 0.717) is 0 Å². The highest BCUT2D eigenvalue weighted by molar-refractivity contribution is 5.98. The van der Waals surface area contributed by atoms with Crippen LogP contribution in [0.1, 0.15) is 34.6 Å². The van der Waals surface area contributed by atoms with Crippen LogP contribution in [-0.2, 0) is 4.79 Å². The van der Waals surface area contributed by atoms with Crippen molar-refractivity contribution in [2.24, 2.45) is 5.41 Å². The van der Waals surface area contributed by atoms with Crippen molar-refractivity contribution < 1.29 is 4.79 Å². The molecular formula is C13H20O. The van der Waals surface area contributed by atoms with E-state index in [1.165, 1.54) is 0 Å². The molecule has 0 aromatic heterocycles. The van der Waals surface area contributed by atoms with Crippen molar-refractivity contribution >= 4 is 5.78 Å². The van der Waals surface area contributed by atoms with Crippen molar-refractivity contribution in [3.05, 3.63) is 36.0 Å². The fraction of sp³-hybridized carbons (Fsp3) is 0.462. The summed E-state index contributed by atoms with van der Waals surface area (Å²) in [5.74, 6) is 0.197. The molecule has 0 heterocycles. The number of hydrogen-bond donors (Lipinski definition) is 0. The van der Waals surface area contributed by atoms with Gasteiger partial charge in [0.25, 0.3) is 0 Å². The molecule has 0 aromatic carbocycles. The third-order valence-corrected chi connectivity index (χ3v) is 1.80. The molecule has 0 fully saturated rings. The quantitative estimate of drug-likeness (QED) is 0.492. The average Bonchev–Trinajstić information content (AvgIpc) is 2.09. The van der Waals surface area contributed by atoms with Gasteiger partial charge in [-0.25, -0.2) is 0 Å². The summed E-state index contributed by atoms with van der Waals surface area (Å²) in [5.41, 5.74) is 0.521. The Hall–Kier alpha value is -1.11. The minimum absolute atomic E-state index is 0.197. The Bertz CT molecular complexity index is 272. The second kappa shape index (κ2) is 5.58. The van der Waals surface area contributed by atoms with Crippen LogP contribution in [0, 0.1) is 5.41 Å². The van der Waals surface area contributed by atoms with E-state index < -0.39 is 0 Å². The first-order chi connectivity index (χ1) is 6.39. The summed E-state index contributed by atoms with van der Waals surface area (Å²) in [6.07, 6.45) is 9.54. The zero-order valence-corrected chi connectivity index (χ0v) is 9.79. The second-order valence-electron chi connectivity index (χ2n) is 4.34. The molecule has 14 heavy (non-hydrogen) atoms. The van der Waals surface area contributed by atoms with Crippen LogP contribution in [0.4, 0.5) is 0 Å². The van der Waals surface area contributed by atoms with Gasteiger partial charge in [0, 0.05) is 5.41 Å². The van der Waals surface area contributed by atoms with Gasteiger partial charge in [-0.15, -0.1) is 0 Å². The topological polar surface area (TPSA) is 17.1 Å². The van der Waals surface area contributed by atoms with Crippen LogP contribution in [-0.4, -0.2) is 5.78 Å². The third kappa shape index (κ3) is 4.80. The number of rotatable bonds is 3. The number of Topliss-reactive ketones (excluding diaryl/α,β-unsaturated/α-hetero) is 1. The Morgan fingerprint density at radius 3 is 2.07 bits per heavy atom. The molecule has 0 rings (SSSR count). The molecule has 0 radical (unpaired) electrons. The highest BCUT2D eigenvalue weighted by atomic mass is 16.1. The highest BCUT2D eigenvalue weighted by Crippen LogP contribution is 2.19. The molecule has 0 amide bonds. The lowest BCUT2D eigenvalue weighted by Gasteiger charge is -2.16. The zero-order valence-electron chi connectivity index (χ0n) is 9.79. The standard InChI is InChI=1S/C13H20O/c1-6-7-8-9-10-11(2)12(14)13(3,4)5/h6-10H,1-5H3/b7-6-,9-8-,11-10+. The molecule has 78 valence electrons. The lowest BCUT2D eigenvalue weighted by Crippen LogP contribution is -2.20. The molecule has 0 spiro atoms. The van der Waals surface area contributed by atoms with Crippen molar-refractivity contribution in [2.45, 2.75) is 34.6 Å². The monoisotopic (exact) mass is 192 g/mol. The largest absolute Gasteiger partial charge is 0.294 e. The molecule has 0 aromatic rings. The predicted octanol–water partition coefficient (Wildman–Crippen LogP) is 3.68. The van der Waals surface area contributed by atoms with Crippen LogP contribution in [0.2, 0.25) is 0 Å². The van der Waals surface area contributed by atoms with Crippen LogP contribution in [0.15, 0.2) is 36.0 Å². The van der Waals surface area contributed by atoms with E-state index in [2.05, 4.69) is 0 Å². The number of carbonyl (C=O) groups excluding carboxylic acids is 1. The Morgan fingerprint density at radius 1 is 1.07 bits per heavy atom. The van der Waals surface area contributed by atoms with Gasteiger partial charge in [-0.2, -0.15) is 0 Å². The first kappa shape index (κ1) is 12.9. The maximum atomic E-state index is 11.7. The first-order valence-electron chi connectivity index (χ1n) is 4.90. The molecular weight excluding hydrogens is 172 g/mol. The van der Waals surface area contributed by atoms with Crippen LogP contribution >= 0.6 is 0 Å². The van der Waals surface area contributed by atoms with E-state index in [-0.39, 0.29) is 11.2 Å². The molecule has 0 saturated carbocycles. The van der Waals surface area contributed by atoms with Crippen molar-refractivity contribution in [1.29, 1.82) is 0 Å². The Kier molecular flexibility index (Phi) is 5.14. The smallest absolute Gasteiger partial charge is 0.163 e. The van der Waals surface area contributed by atoms with Crippen molar-refractivity contribution in [2.75, 3.05) is 0 Å². The van der Waals surface area contributed by atoms with E-state index in [1.807, 2.05) is 65.0 Å². The molecule has 1 nitrogen and oxygen atoms in total. The summed E-state index contributed by atoms with van der Waals surface area (Å²) in [6, 6.07) is 0. The average molecular weight is 192 g/mol. The minimum Gasteiger partial charge on any atom is -0.294 e. The van der Waals surface area contributed by atoms with Gasteiger partial charge in [0.2, 0.25) is 0 Å². The molecule has 0 bridgehead atoms. The minimum atomic E-state index is -0.283. The summed E-state index contributed by atoms with van der Waals surface area (Å²) >= 11 is 0. The number of carbonyl (C=O) groups is 1. The highest BCUT2D eigenvalue weighted by Gasteiger charge is 2.21. The maximum Gasteiger partial charge on any atom is 0.163 e. The molecule has 0 aliphatic heterocycles. The lowest BCUT2D eigenvalue weighted by molar-refractivity contribution is -0.122. The summed E-state index contributed by atoms with van der Waals surface area (Å²) in [4.78, 5) is 11.7. The molecule has 0 unspecified atom stereocenters. The third-order valence-electron chi connectivity index (χ3n) is 1.80. The van der Waals surface area contributed by atoms with Gasteiger partial charge in [-0.1, -0.05) is 51.2 Å². The molecule has 0 atom stereocenters. The zero-order chi connectivity index (χ0) is 11.2. The number of hydrogen-bond acceptors (Lipinski definition) is 1. The normalized spacial score (nSPS) is 14.2. The Labute approximate surface area is 87.2 Å². The van der Waals surface area contributed by atoms with Crippen LogP contribution in [0.5, 0.6) is 0 Å². The van der Waals surface area contributed by atoms with Crippen LogP contribution in [0.25, 0.3) is 0 Å². The Balaban J connectivity index is 4.47. The van der Waals surface area contributed by atoms with Gasteiger partial charge in [-0.3, -0.25) is 4.79 Å². The first-order valence-corrected chi connectivity index (χ1v) is 4.90. The van der Waals surface area contributed by atoms with Gasteiger partial charge < -0.3 is 0 Å². The SMILES string of the molecule is C\C=C/C=C\C=C(/C)C(=O)C(C)(C)C. The van der Waals surface area contributed by atoms with E-state index in [0.717, 1.165) is 5.57 Å². The predicted molar refractivity (Wildman–Crippen MR) is 62.2 cm³/mol. The summed E-state index contributed by atoms with van der Waals surface area (Å²) < 4.78 is 0. The number of allylic oxidation sites excluding steroid dienone is 6. The van der Waals surface area contributed by atoms with Gasteiger partial charge >= 0.3 is 0 Å².